The van der Waals surface area contributed by atoms with Gasteiger partial charge in [-0.25, -0.2) is 0 Å². The van der Waals surface area contributed by atoms with Crippen molar-refractivity contribution in [2.45, 2.75) is 32.2 Å². The van der Waals surface area contributed by atoms with Gasteiger partial charge >= 0.3 is 0 Å². The molecule has 0 spiro atoms. The van der Waals surface area contributed by atoms with Gasteiger partial charge in [-0.2, -0.15) is 0 Å². The van der Waals surface area contributed by atoms with Crippen LogP contribution < -0.4 is 11.1 Å². The zero-order valence-corrected chi connectivity index (χ0v) is 13.7. The summed E-state index contributed by atoms with van der Waals surface area (Å²) < 4.78 is 1.99. The molecule has 20 heavy (non-hydrogen) atoms. The van der Waals surface area contributed by atoms with E-state index in [0.717, 1.165) is 21.0 Å². The van der Waals surface area contributed by atoms with Gasteiger partial charge in [-0.1, -0.05) is 35.3 Å². The second-order valence-electron chi connectivity index (χ2n) is 5.32. The number of thiophene rings is 1. The van der Waals surface area contributed by atoms with Gasteiger partial charge in [0.1, 0.15) is 4.88 Å². The highest BCUT2D eigenvalue weighted by atomic mass is 79.9. The van der Waals surface area contributed by atoms with Gasteiger partial charge in [0.2, 0.25) is 0 Å². The molecule has 2 aromatic rings. The van der Waals surface area contributed by atoms with E-state index in [4.69, 9.17) is 5.73 Å². The molecule has 1 aromatic heterocycles. The van der Waals surface area contributed by atoms with E-state index in [-0.39, 0.29) is 5.91 Å². The first kappa shape index (κ1) is 13.9. The molecule has 0 radical (unpaired) electrons. The van der Waals surface area contributed by atoms with Gasteiger partial charge in [0.05, 0.1) is 5.69 Å². The number of rotatable bonds is 4. The minimum absolute atomic E-state index is 0.0285. The Hall–Kier alpha value is -1.07. The number of nitrogens with two attached hydrogens (primary N) is 1. The Morgan fingerprint density at radius 2 is 2.35 bits per heavy atom. The van der Waals surface area contributed by atoms with Gasteiger partial charge in [-0.05, 0) is 30.9 Å². The molecule has 0 aliphatic heterocycles. The molecule has 0 saturated heterocycles. The van der Waals surface area contributed by atoms with Crippen LogP contribution in [0, 0.1) is 5.92 Å². The van der Waals surface area contributed by atoms with Crippen LogP contribution in [0.3, 0.4) is 0 Å². The van der Waals surface area contributed by atoms with Gasteiger partial charge < -0.3 is 11.1 Å². The maximum absolute atomic E-state index is 12.4. The molecule has 1 amide bonds. The minimum Gasteiger partial charge on any atom is -0.397 e. The minimum atomic E-state index is -0.0285. The number of anilines is 1. The van der Waals surface area contributed by atoms with Gasteiger partial charge in [0.25, 0.3) is 5.91 Å². The summed E-state index contributed by atoms with van der Waals surface area (Å²) in [5.41, 5.74) is 6.74. The molecular formula is C15H17BrN2OS. The van der Waals surface area contributed by atoms with Crippen molar-refractivity contribution in [2.75, 3.05) is 5.73 Å². The van der Waals surface area contributed by atoms with Crippen LogP contribution >= 0.6 is 27.3 Å². The normalized spacial score (nSPS) is 21.1. The highest BCUT2D eigenvalue weighted by molar-refractivity contribution is 9.10. The van der Waals surface area contributed by atoms with Crippen LogP contribution in [0.4, 0.5) is 5.69 Å². The first-order valence-electron chi connectivity index (χ1n) is 6.89. The Bertz CT molecular complexity index is 667. The number of nitrogens with one attached hydrogen (secondary N) is 1. The van der Waals surface area contributed by atoms with Crippen LogP contribution in [0.1, 0.15) is 35.9 Å². The molecule has 3 nitrogen and oxygen atoms in total. The molecule has 1 aliphatic carbocycles. The summed E-state index contributed by atoms with van der Waals surface area (Å²) in [4.78, 5) is 13.0. The van der Waals surface area contributed by atoms with Crippen LogP contribution in [0.25, 0.3) is 10.1 Å². The Labute approximate surface area is 130 Å². The third-order valence-corrected chi connectivity index (χ3v) is 5.64. The van der Waals surface area contributed by atoms with Crippen LogP contribution in [0.5, 0.6) is 0 Å². The second kappa shape index (κ2) is 5.37. The maximum Gasteiger partial charge on any atom is 0.263 e. The third kappa shape index (κ3) is 2.44. The molecule has 5 heteroatoms. The van der Waals surface area contributed by atoms with Gasteiger partial charge in [0.15, 0.2) is 0 Å². The lowest BCUT2D eigenvalue weighted by Gasteiger charge is -2.03. The van der Waals surface area contributed by atoms with Gasteiger partial charge in [-0.15, -0.1) is 11.3 Å². The molecule has 2 atom stereocenters. The number of halogens is 1. The average Bonchev–Trinajstić information content (AvgIpc) is 3.03. The smallest absolute Gasteiger partial charge is 0.263 e. The lowest BCUT2D eigenvalue weighted by Crippen LogP contribution is -2.26. The summed E-state index contributed by atoms with van der Waals surface area (Å²) in [5.74, 6) is 0.630. The van der Waals surface area contributed by atoms with Crippen molar-refractivity contribution < 1.29 is 4.79 Å². The zero-order chi connectivity index (χ0) is 14.3. The fourth-order valence-corrected chi connectivity index (χ4v) is 4.41. The van der Waals surface area contributed by atoms with E-state index in [1.807, 2.05) is 18.2 Å². The summed E-state index contributed by atoms with van der Waals surface area (Å²) in [6.07, 6.45) is 3.47. The molecule has 1 heterocycles. The predicted molar refractivity (Wildman–Crippen MR) is 88.2 cm³/mol. The van der Waals surface area contributed by atoms with Crippen LogP contribution in [-0.4, -0.2) is 11.9 Å². The number of carbonyl (C=O) groups is 1. The monoisotopic (exact) mass is 352 g/mol. The summed E-state index contributed by atoms with van der Waals surface area (Å²) >= 11 is 4.96. The van der Waals surface area contributed by atoms with E-state index in [2.05, 4.69) is 28.2 Å². The van der Waals surface area contributed by atoms with Gasteiger partial charge in [0, 0.05) is 20.6 Å². The standard InChI is InChI=1S/C15H17BrN2OS/c1-2-4-8-7-10(8)18-15(19)14-13(17)12-9(16)5-3-6-11(12)20-14/h3,5-6,8,10H,2,4,7,17H2,1H3,(H,18,19). The topological polar surface area (TPSA) is 55.1 Å². The van der Waals surface area contributed by atoms with E-state index in [1.165, 1.54) is 24.2 Å². The molecule has 1 aliphatic rings. The van der Waals surface area contributed by atoms with E-state index < -0.39 is 0 Å². The van der Waals surface area contributed by atoms with Crippen LogP contribution in [-0.2, 0) is 0 Å². The van der Waals surface area contributed by atoms with Crippen molar-refractivity contribution in [2.24, 2.45) is 5.92 Å². The number of fused-ring (bicyclic) bond motifs is 1. The van der Waals surface area contributed by atoms with Crippen molar-refractivity contribution >= 4 is 48.9 Å². The summed E-state index contributed by atoms with van der Waals surface area (Å²) in [5, 5.41) is 4.05. The van der Waals surface area contributed by atoms with Crippen molar-refractivity contribution in [3.05, 3.63) is 27.5 Å². The number of hydrogen-bond acceptors (Lipinski definition) is 3. The van der Waals surface area contributed by atoms with Crippen molar-refractivity contribution in [3.8, 4) is 0 Å². The predicted octanol–water partition coefficient (Wildman–Crippen LogP) is 4.16. The summed E-state index contributed by atoms with van der Waals surface area (Å²) in [6, 6.07) is 6.25. The molecule has 1 aromatic carbocycles. The molecule has 0 bridgehead atoms. The molecule has 1 fully saturated rings. The van der Waals surface area contributed by atoms with Crippen molar-refractivity contribution in [1.29, 1.82) is 0 Å². The molecule has 3 N–H and O–H groups in total. The zero-order valence-electron chi connectivity index (χ0n) is 11.3. The summed E-state index contributed by atoms with van der Waals surface area (Å²) in [6.45, 7) is 2.18. The number of hydrogen-bond donors (Lipinski definition) is 2. The lowest BCUT2D eigenvalue weighted by atomic mass is 10.2. The van der Waals surface area contributed by atoms with E-state index in [1.54, 1.807) is 0 Å². The molecule has 1 saturated carbocycles. The van der Waals surface area contributed by atoms with Crippen molar-refractivity contribution in [3.63, 3.8) is 0 Å². The fourth-order valence-electron chi connectivity index (χ4n) is 2.65. The molecule has 2 unspecified atom stereocenters. The second-order valence-corrected chi connectivity index (χ2v) is 7.23. The van der Waals surface area contributed by atoms with E-state index in [9.17, 15) is 4.79 Å². The quantitative estimate of drug-likeness (QED) is 0.867. The van der Waals surface area contributed by atoms with Crippen LogP contribution in [0.2, 0.25) is 0 Å². The SMILES string of the molecule is CCCC1CC1NC(=O)c1sc2cccc(Br)c2c1N. The number of nitrogen functional groups attached to an aromatic ring is 1. The average molecular weight is 353 g/mol. The third-order valence-electron chi connectivity index (χ3n) is 3.81. The first-order valence-corrected chi connectivity index (χ1v) is 8.50. The maximum atomic E-state index is 12.4. The van der Waals surface area contributed by atoms with Crippen molar-refractivity contribution in [1.82, 2.24) is 5.32 Å². The highest BCUT2D eigenvalue weighted by Gasteiger charge is 2.37. The largest absolute Gasteiger partial charge is 0.397 e. The first-order chi connectivity index (χ1) is 9.61. The highest BCUT2D eigenvalue weighted by Crippen LogP contribution is 2.39. The molecular weight excluding hydrogens is 336 g/mol. The van der Waals surface area contributed by atoms with E-state index in [0.29, 0.717) is 22.5 Å². The number of amides is 1. The Kier molecular flexibility index (Phi) is 3.73. The lowest BCUT2D eigenvalue weighted by molar-refractivity contribution is 0.0954. The van der Waals surface area contributed by atoms with Gasteiger partial charge in [-0.3, -0.25) is 4.79 Å². The Balaban J connectivity index is 1.82. The number of benzene rings is 1. The molecule has 3 rings (SSSR count). The fraction of sp³-hybridized carbons (Fsp3) is 0.400. The Morgan fingerprint density at radius 1 is 1.55 bits per heavy atom. The number of carbonyl (C=O) groups excluding carboxylic acids is 1. The molecule has 106 valence electrons. The van der Waals surface area contributed by atoms with Crippen LogP contribution in [0.15, 0.2) is 22.7 Å². The Morgan fingerprint density at radius 3 is 3.05 bits per heavy atom. The van der Waals surface area contributed by atoms with E-state index >= 15 is 0 Å². The summed E-state index contributed by atoms with van der Waals surface area (Å²) in [7, 11) is 0.